The van der Waals surface area contributed by atoms with Gasteiger partial charge in [-0.1, -0.05) is 0 Å². The van der Waals surface area contributed by atoms with Crippen LogP contribution in [0.5, 0.6) is 0 Å². The van der Waals surface area contributed by atoms with E-state index in [0.717, 1.165) is 0 Å². The van der Waals surface area contributed by atoms with Crippen LogP contribution in [0, 0.1) is 12.3 Å². The van der Waals surface area contributed by atoms with Crippen LogP contribution in [0.25, 0.3) is 0 Å². The molecule has 0 aliphatic carbocycles. The molecule has 0 spiro atoms. The number of alkyl halides is 3. The molecule has 0 radical (unpaired) electrons. The van der Waals surface area contributed by atoms with Gasteiger partial charge in [-0.05, 0) is 42.7 Å². The molecule has 21 heavy (non-hydrogen) atoms. The second-order valence-corrected chi connectivity index (χ2v) is 6.06. The Labute approximate surface area is 129 Å². The molecular formula is C13H17BrF3N3O. The smallest absolute Gasteiger partial charge is 0.315 e. The maximum atomic E-state index is 13.4. The highest BCUT2D eigenvalue weighted by atomic mass is 79.9. The van der Waals surface area contributed by atoms with E-state index in [1.54, 1.807) is 11.6 Å². The summed E-state index contributed by atoms with van der Waals surface area (Å²) in [5, 5.41) is 6.87. The van der Waals surface area contributed by atoms with Gasteiger partial charge in [-0.3, -0.25) is 9.48 Å². The van der Waals surface area contributed by atoms with E-state index in [9.17, 15) is 18.0 Å². The number of hydrogen-bond acceptors (Lipinski definition) is 3. The molecule has 1 atom stereocenters. The Morgan fingerprint density at radius 1 is 1.52 bits per heavy atom. The lowest BCUT2D eigenvalue weighted by Gasteiger charge is -2.29. The van der Waals surface area contributed by atoms with Crippen molar-refractivity contribution in [2.24, 2.45) is 5.41 Å². The van der Waals surface area contributed by atoms with Crippen LogP contribution in [0.4, 0.5) is 13.2 Å². The van der Waals surface area contributed by atoms with Crippen LogP contribution < -0.4 is 5.32 Å². The Balaban J connectivity index is 2.33. The summed E-state index contributed by atoms with van der Waals surface area (Å²) in [7, 11) is 0. The normalized spacial score (nSPS) is 22.8. The van der Waals surface area contributed by atoms with E-state index in [-0.39, 0.29) is 25.9 Å². The lowest BCUT2D eigenvalue weighted by molar-refractivity contribution is -0.214. The molecule has 1 aromatic heterocycles. The first-order valence-electron chi connectivity index (χ1n) is 6.75. The standard InChI is InChI=1S/C13H17BrF3N3O/c1-3-20-9(11(14)8(2)19-20)6-10(21)12(13(15,16)17)4-5-18-7-12/h18H,3-7H2,1-2H3. The summed E-state index contributed by atoms with van der Waals surface area (Å²) in [5.41, 5.74) is -1.09. The highest BCUT2D eigenvalue weighted by Crippen LogP contribution is 2.44. The molecule has 1 fully saturated rings. The van der Waals surface area contributed by atoms with Crippen molar-refractivity contribution in [3.63, 3.8) is 0 Å². The molecule has 1 aliphatic rings. The van der Waals surface area contributed by atoms with Crippen molar-refractivity contribution < 1.29 is 18.0 Å². The summed E-state index contributed by atoms with van der Waals surface area (Å²) < 4.78 is 42.3. The van der Waals surface area contributed by atoms with Gasteiger partial charge in [-0.2, -0.15) is 18.3 Å². The molecule has 1 unspecified atom stereocenters. The van der Waals surface area contributed by atoms with Crippen LogP contribution in [-0.4, -0.2) is 34.8 Å². The maximum absolute atomic E-state index is 13.4. The summed E-state index contributed by atoms with van der Waals surface area (Å²) >= 11 is 3.31. The minimum absolute atomic E-state index is 0.202. The zero-order valence-electron chi connectivity index (χ0n) is 11.9. The van der Waals surface area contributed by atoms with Crippen LogP contribution in [-0.2, 0) is 17.8 Å². The molecule has 1 N–H and O–H groups in total. The number of ketones is 1. The quantitative estimate of drug-likeness (QED) is 0.889. The highest BCUT2D eigenvalue weighted by molar-refractivity contribution is 9.10. The maximum Gasteiger partial charge on any atom is 0.402 e. The fourth-order valence-corrected chi connectivity index (χ4v) is 3.11. The average molecular weight is 368 g/mol. The van der Waals surface area contributed by atoms with Crippen LogP contribution in [0.1, 0.15) is 24.7 Å². The van der Waals surface area contributed by atoms with Crippen molar-refractivity contribution in [2.45, 2.75) is 39.4 Å². The van der Waals surface area contributed by atoms with E-state index in [1.807, 2.05) is 6.92 Å². The highest BCUT2D eigenvalue weighted by Gasteiger charge is 2.60. The molecule has 1 aromatic rings. The number of aryl methyl sites for hydroxylation is 2. The molecule has 0 aromatic carbocycles. The topological polar surface area (TPSA) is 46.9 Å². The lowest BCUT2D eigenvalue weighted by atomic mass is 9.80. The van der Waals surface area contributed by atoms with Gasteiger partial charge in [0.2, 0.25) is 0 Å². The Bertz CT molecular complexity index is 548. The largest absolute Gasteiger partial charge is 0.402 e. The summed E-state index contributed by atoms with van der Waals surface area (Å²) in [4.78, 5) is 12.4. The second-order valence-electron chi connectivity index (χ2n) is 5.27. The molecule has 2 heterocycles. The van der Waals surface area contributed by atoms with Crippen molar-refractivity contribution in [2.75, 3.05) is 13.1 Å². The zero-order chi connectivity index (χ0) is 15.8. The SMILES string of the molecule is CCn1nc(C)c(Br)c1CC(=O)C1(C(F)(F)F)CCNC1. The van der Waals surface area contributed by atoms with Gasteiger partial charge in [0, 0.05) is 13.1 Å². The van der Waals surface area contributed by atoms with E-state index < -0.39 is 17.4 Å². The van der Waals surface area contributed by atoms with Crippen molar-refractivity contribution in [1.29, 1.82) is 0 Å². The molecular weight excluding hydrogens is 351 g/mol. The number of rotatable bonds is 4. The Hall–Kier alpha value is -0.890. The van der Waals surface area contributed by atoms with Crippen molar-refractivity contribution in [3.05, 3.63) is 15.9 Å². The third-order valence-corrected chi connectivity index (χ3v) is 5.04. The van der Waals surface area contributed by atoms with Crippen molar-refractivity contribution in [1.82, 2.24) is 15.1 Å². The predicted octanol–water partition coefficient (Wildman–Crippen LogP) is 2.63. The second kappa shape index (κ2) is 5.72. The Kier molecular flexibility index (Phi) is 4.49. The van der Waals surface area contributed by atoms with Crippen LogP contribution in [0.3, 0.4) is 0 Å². The molecule has 1 aliphatic heterocycles. The average Bonchev–Trinajstić information content (AvgIpc) is 2.99. The number of hydrogen-bond donors (Lipinski definition) is 1. The molecule has 1 saturated heterocycles. The number of nitrogens with zero attached hydrogens (tertiary/aromatic N) is 2. The number of nitrogens with one attached hydrogen (secondary N) is 1. The van der Waals surface area contributed by atoms with E-state index in [1.165, 1.54) is 0 Å². The van der Waals surface area contributed by atoms with Crippen LogP contribution in [0.2, 0.25) is 0 Å². The molecule has 4 nitrogen and oxygen atoms in total. The van der Waals surface area contributed by atoms with E-state index in [4.69, 9.17) is 0 Å². The molecule has 0 bridgehead atoms. The first kappa shape index (κ1) is 16.5. The molecule has 8 heteroatoms. The van der Waals surface area contributed by atoms with Gasteiger partial charge in [0.1, 0.15) is 5.41 Å². The number of carbonyl (C=O) groups excluding carboxylic acids is 1. The van der Waals surface area contributed by atoms with Gasteiger partial charge in [-0.15, -0.1) is 0 Å². The predicted molar refractivity (Wildman–Crippen MR) is 75.0 cm³/mol. The monoisotopic (exact) mass is 367 g/mol. The third-order valence-electron chi connectivity index (χ3n) is 4.01. The van der Waals surface area contributed by atoms with Crippen molar-refractivity contribution in [3.8, 4) is 0 Å². The number of aromatic nitrogens is 2. The van der Waals surface area contributed by atoms with Gasteiger partial charge < -0.3 is 5.32 Å². The summed E-state index contributed by atoms with van der Waals surface area (Å²) in [6.45, 7) is 3.96. The van der Waals surface area contributed by atoms with Gasteiger partial charge in [0.25, 0.3) is 0 Å². The van der Waals surface area contributed by atoms with Gasteiger partial charge in [0.15, 0.2) is 5.78 Å². The fourth-order valence-electron chi connectivity index (χ4n) is 2.69. The number of carbonyl (C=O) groups is 1. The third kappa shape index (κ3) is 2.75. The van der Waals surface area contributed by atoms with Crippen LogP contribution in [0.15, 0.2) is 4.47 Å². The molecule has 0 amide bonds. The van der Waals surface area contributed by atoms with E-state index >= 15 is 0 Å². The minimum atomic E-state index is -4.54. The number of halogens is 4. The lowest BCUT2D eigenvalue weighted by Crippen LogP contribution is -2.47. The Morgan fingerprint density at radius 2 is 2.19 bits per heavy atom. The van der Waals surface area contributed by atoms with Gasteiger partial charge in [-0.25, -0.2) is 0 Å². The molecule has 118 valence electrons. The minimum Gasteiger partial charge on any atom is -0.315 e. The summed E-state index contributed by atoms with van der Waals surface area (Å²) in [6, 6.07) is 0. The summed E-state index contributed by atoms with van der Waals surface area (Å²) in [5.74, 6) is -0.796. The fraction of sp³-hybridized carbons (Fsp3) is 0.692. The molecule has 0 saturated carbocycles. The zero-order valence-corrected chi connectivity index (χ0v) is 13.4. The van der Waals surface area contributed by atoms with Crippen molar-refractivity contribution >= 4 is 21.7 Å². The summed E-state index contributed by atoms with van der Waals surface area (Å²) in [6.07, 6.45) is -5.01. The number of Topliss-reactive ketones (excluding diaryl/α,β-unsaturated/α-hetero) is 1. The Morgan fingerprint density at radius 3 is 2.67 bits per heavy atom. The first-order chi connectivity index (χ1) is 9.73. The van der Waals surface area contributed by atoms with E-state index in [0.29, 0.717) is 22.4 Å². The van der Waals surface area contributed by atoms with Crippen LogP contribution >= 0.6 is 15.9 Å². The first-order valence-corrected chi connectivity index (χ1v) is 7.54. The van der Waals surface area contributed by atoms with Gasteiger partial charge in [0.05, 0.1) is 22.3 Å². The molecule has 2 rings (SSSR count). The van der Waals surface area contributed by atoms with Gasteiger partial charge >= 0.3 is 6.18 Å². The van der Waals surface area contributed by atoms with E-state index in [2.05, 4.69) is 26.3 Å².